The SMILES string of the molecule is CN(C)S(=O)(=O)c1ccc(C(=O)N2C[C@@H](N)[C@H](c3ccccc3)C2)o1. The van der Waals surface area contributed by atoms with Crippen LogP contribution in [0.2, 0.25) is 0 Å². The van der Waals surface area contributed by atoms with Crippen molar-refractivity contribution in [3.05, 3.63) is 53.8 Å². The number of hydrogen-bond donors (Lipinski definition) is 1. The van der Waals surface area contributed by atoms with Crippen LogP contribution in [0.25, 0.3) is 0 Å². The van der Waals surface area contributed by atoms with Gasteiger partial charge in [-0.15, -0.1) is 0 Å². The molecule has 1 amide bonds. The van der Waals surface area contributed by atoms with Crippen molar-refractivity contribution in [3.63, 3.8) is 0 Å². The van der Waals surface area contributed by atoms with Crippen LogP contribution in [0.1, 0.15) is 22.0 Å². The van der Waals surface area contributed by atoms with Gasteiger partial charge in [0, 0.05) is 39.1 Å². The number of benzene rings is 1. The predicted molar refractivity (Wildman–Crippen MR) is 92.6 cm³/mol. The molecule has 25 heavy (non-hydrogen) atoms. The minimum Gasteiger partial charge on any atom is -0.438 e. The van der Waals surface area contributed by atoms with E-state index in [9.17, 15) is 13.2 Å². The first-order valence-corrected chi connectivity index (χ1v) is 9.37. The van der Waals surface area contributed by atoms with Gasteiger partial charge in [0.05, 0.1) is 0 Å². The van der Waals surface area contributed by atoms with Crippen molar-refractivity contribution in [2.75, 3.05) is 27.2 Å². The molecule has 2 aromatic rings. The summed E-state index contributed by atoms with van der Waals surface area (Å²) in [6, 6.07) is 12.3. The Labute approximate surface area is 147 Å². The Hall–Kier alpha value is -2.16. The molecule has 0 aliphatic carbocycles. The summed E-state index contributed by atoms with van der Waals surface area (Å²) in [5.41, 5.74) is 7.29. The molecule has 2 atom stereocenters. The standard InChI is InChI=1S/C17H21N3O4S/c1-19(2)25(22,23)16-9-8-15(24-16)17(21)20-10-13(14(18)11-20)12-6-4-3-5-7-12/h3-9,13-14H,10-11,18H2,1-2H3/t13-,14+/m0/s1. The molecular weight excluding hydrogens is 342 g/mol. The number of nitrogens with two attached hydrogens (primary N) is 1. The third-order valence-electron chi connectivity index (χ3n) is 4.41. The molecule has 1 saturated heterocycles. The van der Waals surface area contributed by atoms with Gasteiger partial charge in [-0.3, -0.25) is 4.79 Å². The van der Waals surface area contributed by atoms with Gasteiger partial charge in [-0.05, 0) is 17.7 Å². The van der Waals surface area contributed by atoms with Crippen LogP contribution in [-0.2, 0) is 10.0 Å². The molecule has 0 radical (unpaired) electrons. The van der Waals surface area contributed by atoms with Gasteiger partial charge in [0.15, 0.2) is 5.76 Å². The molecule has 1 aliphatic heterocycles. The Balaban J connectivity index is 1.78. The van der Waals surface area contributed by atoms with Gasteiger partial charge in [-0.1, -0.05) is 30.3 Å². The number of furan rings is 1. The van der Waals surface area contributed by atoms with E-state index in [4.69, 9.17) is 10.2 Å². The molecule has 1 aromatic heterocycles. The van der Waals surface area contributed by atoms with Gasteiger partial charge in [0.25, 0.3) is 15.9 Å². The largest absolute Gasteiger partial charge is 0.438 e. The second-order valence-corrected chi connectivity index (χ2v) is 8.38. The molecule has 1 aliphatic rings. The number of hydrogen-bond acceptors (Lipinski definition) is 5. The lowest BCUT2D eigenvalue weighted by Gasteiger charge is -2.15. The fraction of sp³-hybridized carbons (Fsp3) is 0.353. The molecule has 2 heterocycles. The van der Waals surface area contributed by atoms with Gasteiger partial charge in [-0.25, -0.2) is 12.7 Å². The highest BCUT2D eigenvalue weighted by atomic mass is 32.2. The van der Waals surface area contributed by atoms with Crippen molar-refractivity contribution in [2.24, 2.45) is 5.73 Å². The van der Waals surface area contributed by atoms with E-state index < -0.39 is 10.0 Å². The molecule has 8 heteroatoms. The molecule has 0 unspecified atom stereocenters. The van der Waals surface area contributed by atoms with Crippen LogP contribution in [-0.4, -0.2) is 56.8 Å². The summed E-state index contributed by atoms with van der Waals surface area (Å²) in [7, 11) is -0.894. The topological polar surface area (TPSA) is 96.9 Å². The summed E-state index contributed by atoms with van der Waals surface area (Å²) >= 11 is 0. The van der Waals surface area contributed by atoms with E-state index in [-0.39, 0.29) is 28.7 Å². The average Bonchev–Trinajstić information content (AvgIpc) is 3.22. The lowest BCUT2D eigenvalue weighted by Crippen LogP contribution is -2.32. The Morgan fingerprint density at radius 2 is 1.84 bits per heavy atom. The third-order valence-corrected chi connectivity index (χ3v) is 6.10. The van der Waals surface area contributed by atoms with Gasteiger partial charge in [0.2, 0.25) is 5.09 Å². The first-order chi connectivity index (χ1) is 11.8. The molecule has 134 valence electrons. The summed E-state index contributed by atoms with van der Waals surface area (Å²) in [6.07, 6.45) is 0. The van der Waals surface area contributed by atoms with Crippen molar-refractivity contribution >= 4 is 15.9 Å². The number of carbonyl (C=O) groups excluding carboxylic acids is 1. The van der Waals surface area contributed by atoms with Crippen LogP contribution in [0, 0.1) is 0 Å². The first-order valence-electron chi connectivity index (χ1n) is 7.93. The van der Waals surface area contributed by atoms with Crippen LogP contribution in [0.15, 0.2) is 52.0 Å². The Bertz CT molecular complexity index is 861. The van der Waals surface area contributed by atoms with Crippen molar-refractivity contribution in [1.82, 2.24) is 9.21 Å². The number of sulfonamides is 1. The molecule has 2 N–H and O–H groups in total. The lowest BCUT2D eigenvalue weighted by atomic mass is 9.95. The molecule has 7 nitrogen and oxygen atoms in total. The lowest BCUT2D eigenvalue weighted by molar-refractivity contribution is 0.0751. The Morgan fingerprint density at radius 3 is 2.48 bits per heavy atom. The molecule has 0 spiro atoms. The van der Waals surface area contributed by atoms with E-state index in [0.717, 1.165) is 9.87 Å². The maximum absolute atomic E-state index is 12.6. The maximum Gasteiger partial charge on any atom is 0.289 e. The minimum atomic E-state index is -3.71. The van der Waals surface area contributed by atoms with E-state index in [1.54, 1.807) is 4.90 Å². The molecule has 1 fully saturated rings. The summed E-state index contributed by atoms with van der Waals surface area (Å²) in [4.78, 5) is 14.3. The van der Waals surface area contributed by atoms with Crippen LogP contribution in [0.5, 0.6) is 0 Å². The Morgan fingerprint density at radius 1 is 1.16 bits per heavy atom. The second-order valence-electron chi connectivity index (χ2n) is 6.30. The fourth-order valence-electron chi connectivity index (χ4n) is 2.96. The van der Waals surface area contributed by atoms with Crippen molar-refractivity contribution < 1.29 is 17.6 Å². The van der Waals surface area contributed by atoms with Crippen LogP contribution in [0.3, 0.4) is 0 Å². The first kappa shape index (κ1) is 17.7. The zero-order valence-electron chi connectivity index (χ0n) is 14.1. The van der Waals surface area contributed by atoms with Gasteiger partial charge < -0.3 is 15.1 Å². The van der Waals surface area contributed by atoms with Gasteiger partial charge in [-0.2, -0.15) is 0 Å². The zero-order valence-corrected chi connectivity index (χ0v) is 14.9. The van der Waals surface area contributed by atoms with E-state index >= 15 is 0 Å². The molecular formula is C17H21N3O4S. The second kappa shape index (κ2) is 6.62. The number of carbonyl (C=O) groups is 1. The summed E-state index contributed by atoms with van der Waals surface area (Å²) < 4.78 is 30.5. The van der Waals surface area contributed by atoms with Crippen LogP contribution in [0.4, 0.5) is 0 Å². The van der Waals surface area contributed by atoms with Crippen LogP contribution < -0.4 is 5.73 Å². The summed E-state index contributed by atoms with van der Waals surface area (Å²) in [5.74, 6) is -0.305. The van der Waals surface area contributed by atoms with Gasteiger partial charge >= 0.3 is 0 Å². The number of nitrogens with zero attached hydrogens (tertiary/aromatic N) is 2. The summed E-state index contributed by atoms with van der Waals surface area (Å²) in [6.45, 7) is 0.870. The molecule has 1 aromatic carbocycles. The van der Waals surface area contributed by atoms with E-state index in [2.05, 4.69) is 0 Å². The monoisotopic (exact) mass is 363 g/mol. The fourth-order valence-corrected chi connectivity index (χ4v) is 3.75. The highest BCUT2D eigenvalue weighted by molar-refractivity contribution is 7.88. The van der Waals surface area contributed by atoms with Gasteiger partial charge in [0.1, 0.15) is 0 Å². The normalized spacial score (nSPS) is 21.0. The average molecular weight is 363 g/mol. The summed E-state index contributed by atoms with van der Waals surface area (Å²) in [5, 5.41) is -0.246. The minimum absolute atomic E-state index is 0.00124. The van der Waals surface area contributed by atoms with Crippen molar-refractivity contribution in [3.8, 4) is 0 Å². The molecule has 0 saturated carbocycles. The molecule has 3 rings (SSSR count). The van der Waals surface area contributed by atoms with E-state index in [0.29, 0.717) is 13.1 Å². The Kier molecular flexibility index (Phi) is 4.68. The number of amides is 1. The highest BCUT2D eigenvalue weighted by Gasteiger charge is 2.35. The van der Waals surface area contributed by atoms with E-state index in [1.165, 1.54) is 26.2 Å². The van der Waals surface area contributed by atoms with Crippen molar-refractivity contribution in [1.29, 1.82) is 0 Å². The maximum atomic E-state index is 12.6. The van der Waals surface area contributed by atoms with E-state index in [1.807, 2.05) is 30.3 Å². The molecule has 0 bridgehead atoms. The van der Waals surface area contributed by atoms with Crippen LogP contribution >= 0.6 is 0 Å². The predicted octanol–water partition coefficient (Wildman–Crippen LogP) is 1.10. The highest BCUT2D eigenvalue weighted by Crippen LogP contribution is 2.28. The zero-order chi connectivity index (χ0) is 18.2. The van der Waals surface area contributed by atoms with Crippen molar-refractivity contribution in [2.45, 2.75) is 17.1 Å². The third kappa shape index (κ3) is 3.33. The number of rotatable bonds is 4. The number of likely N-dealkylation sites (tertiary alicyclic amines) is 1. The smallest absolute Gasteiger partial charge is 0.289 e. The quantitative estimate of drug-likeness (QED) is 0.877.